The van der Waals surface area contributed by atoms with E-state index in [1.54, 1.807) is 12.5 Å². The highest BCUT2D eigenvalue weighted by molar-refractivity contribution is 5.70. The lowest BCUT2D eigenvalue weighted by Gasteiger charge is -2.16. The molecule has 6 heteroatoms. The number of likely N-dealkylation sites (tertiary alicyclic amines) is 1. The van der Waals surface area contributed by atoms with E-state index in [1.165, 1.54) is 0 Å². The van der Waals surface area contributed by atoms with Gasteiger partial charge in [0, 0.05) is 37.6 Å². The van der Waals surface area contributed by atoms with Crippen LogP contribution >= 0.6 is 0 Å². The first-order chi connectivity index (χ1) is 13.7. The van der Waals surface area contributed by atoms with E-state index in [9.17, 15) is 9.50 Å². The van der Waals surface area contributed by atoms with Crippen LogP contribution in [0.2, 0.25) is 0 Å². The van der Waals surface area contributed by atoms with Crippen LogP contribution in [-0.4, -0.2) is 51.5 Å². The smallest absolute Gasteiger partial charge is 0.140 e. The minimum atomic E-state index is -1.16. The normalized spacial score (nSPS) is 19.8. The number of hydrogen-bond acceptors (Lipinski definition) is 4. The largest absolute Gasteiger partial charge is 0.491 e. The minimum absolute atomic E-state index is 0.277. The molecule has 1 saturated heterocycles. The van der Waals surface area contributed by atoms with Gasteiger partial charge in [-0.3, -0.25) is 4.90 Å². The standard InChI is InChI=1S/C22H24FN3O2/c23-20-14-26(15-21(20)27)13-17-4-3-5-18(12-17)19-6-1-2-7-22(19)28-11-10-25-9-8-24-16-25/h1-9,12,16,20-21,27H,10-11,13-15H2/t20-,21-/m1/s1. The Morgan fingerprint density at radius 2 is 2.04 bits per heavy atom. The number of nitrogens with zero attached hydrogens (tertiary/aromatic N) is 3. The van der Waals surface area contributed by atoms with E-state index < -0.39 is 12.3 Å². The molecule has 5 nitrogen and oxygen atoms in total. The molecule has 1 aliphatic rings. The maximum Gasteiger partial charge on any atom is 0.140 e. The number of halogens is 1. The Labute approximate surface area is 164 Å². The molecule has 28 heavy (non-hydrogen) atoms. The zero-order valence-corrected chi connectivity index (χ0v) is 15.6. The van der Waals surface area contributed by atoms with Gasteiger partial charge in [-0.05, 0) is 23.3 Å². The molecule has 2 atom stereocenters. The zero-order chi connectivity index (χ0) is 19.3. The Morgan fingerprint density at radius 1 is 1.14 bits per heavy atom. The molecule has 1 aliphatic heterocycles. The summed E-state index contributed by atoms with van der Waals surface area (Å²) >= 11 is 0. The molecule has 0 radical (unpaired) electrons. The monoisotopic (exact) mass is 381 g/mol. The fourth-order valence-electron chi connectivity index (χ4n) is 3.56. The van der Waals surface area contributed by atoms with Crippen LogP contribution in [0.25, 0.3) is 11.1 Å². The summed E-state index contributed by atoms with van der Waals surface area (Å²) in [4.78, 5) is 5.98. The molecule has 0 amide bonds. The molecule has 0 aliphatic carbocycles. The second-order valence-electron chi connectivity index (χ2n) is 7.12. The Balaban J connectivity index is 1.46. The second kappa shape index (κ2) is 8.54. The first-order valence-electron chi connectivity index (χ1n) is 9.50. The van der Waals surface area contributed by atoms with Crippen LogP contribution in [0, 0.1) is 0 Å². The minimum Gasteiger partial charge on any atom is -0.491 e. The van der Waals surface area contributed by atoms with Gasteiger partial charge in [0.05, 0.1) is 19.0 Å². The molecule has 0 unspecified atom stereocenters. The Morgan fingerprint density at radius 3 is 2.82 bits per heavy atom. The summed E-state index contributed by atoms with van der Waals surface area (Å²) in [6, 6.07) is 16.2. The maximum atomic E-state index is 13.6. The lowest BCUT2D eigenvalue weighted by Crippen LogP contribution is -2.21. The number of β-amino-alcohol motifs (C(OH)–C–C–N with tert-alkyl or cyclic N) is 1. The summed E-state index contributed by atoms with van der Waals surface area (Å²) in [5.41, 5.74) is 3.18. The van der Waals surface area contributed by atoms with Gasteiger partial charge in [-0.2, -0.15) is 0 Å². The number of hydrogen-bond donors (Lipinski definition) is 1. The molecule has 1 aromatic heterocycles. The summed E-state index contributed by atoms with van der Waals surface area (Å²) in [5.74, 6) is 0.834. The molecule has 3 aromatic rings. The molecule has 146 valence electrons. The third-order valence-electron chi connectivity index (χ3n) is 4.99. The van der Waals surface area contributed by atoms with Gasteiger partial charge in [0.2, 0.25) is 0 Å². The average Bonchev–Trinajstić information content (AvgIpc) is 3.32. The van der Waals surface area contributed by atoms with Crippen molar-refractivity contribution in [2.24, 2.45) is 0 Å². The molecule has 0 saturated carbocycles. The van der Waals surface area contributed by atoms with E-state index in [2.05, 4.69) is 17.1 Å². The number of aliphatic hydroxyl groups is 1. The second-order valence-corrected chi connectivity index (χ2v) is 7.12. The van der Waals surface area contributed by atoms with E-state index in [0.717, 1.165) is 29.0 Å². The first kappa shape index (κ1) is 18.7. The molecule has 0 bridgehead atoms. The van der Waals surface area contributed by atoms with Gasteiger partial charge in [-0.25, -0.2) is 9.37 Å². The quantitative estimate of drug-likeness (QED) is 0.683. The number of aliphatic hydroxyl groups excluding tert-OH is 1. The van der Waals surface area contributed by atoms with Crippen molar-refractivity contribution in [1.82, 2.24) is 14.5 Å². The molecule has 1 N–H and O–H groups in total. The van der Waals surface area contributed by atoms with Crippen LogP contribution in [0.15, 0.2) is 67.3 Å². The van der Waals surface area contributed by atoms with Crippen LogP contribution in [0.3, 0.4) is 0 Å². The summed E-state index contributed by atoms with van der Waals surface area (Å²) in [5, 5.41) is 9.63. The number of para-hydroxylation sites is 1. The average molecular weight is 381 g/mol. The number of alkyl halides is 1. The highest BCUT2D eigenvalue weighted by atomic mass is 19.1. The maximum absolute atomic E-state index is 13.6. The predicted molar refractivity (Wildman–Crippen MR) is 106 cm³/mol. The third kappa shape index (κ3) is 4.40. The molecule has 4 rings (SSSR count). The third-order valence-corrected chi connectivity index (χ3v) is 4.99. The van der Waals surface area contributed by atoms with Crippen LogP contribution < -0.4 is 4.74 Å². The zero-order valence-electron chi connectivity index (χ0n) is 15.6. The van der Waals surface area contributed by atoms with Crippen molar-refractivity contribution in [3.05, 3.63) is 72.8 Å². The Kier molecular flexibility index (Phi) is 5.69. The summed E-state index contributed by atoms with van der Waals surface area (Å²) in [7, 11) is 0. The number of benzene rings is 2. The molecule has 2 aromatic carbocycles. The first-order valence-corrected chi connectivity index (χ1v) is 9.50. The van der Waals surface area contributed by atoms with Crippen molar-refractivity contribution in [1.29, 1.82) is 0 Å². The SMILES string of the molecule is O[C@@H]1CN(Cc2cccc(-c3ccccc3OCCn3ccnc3)c2)C[C@H]1F. The topological polar surface area (TPSA) is 50.5 Å². The van der Waals surface area contributed by atoms with Crippen molar-refractivity contribution in [2.45, 2.75) is 25.4 Å². The van der Waals surface area contributed by atoms with Crippen molar-refractivity contribution in [3.8, 4) is 16.9 Å². The predicted octanol–water partition coefficient (Wildman–Crippen LogP) is 3.14. The van der Waals surface area contributed by atoms with Crippen LogP contribution in [0.5, 0.6) is 5.75 Å². The van der Waals surface area contributed by atoms with Gasteiger partial charge < -0.3 is 14.4 Å². The van der Waals surface area contributed by atoms with Crippen molar-refractivity contribution >= 4 is 0 Å². The number of rotatable bonds is 7. The van der Waals surface area contributed by atoms with Crippen molar-refractivity contribution in [2.75, 3.05) is 19.7 Å². The summed E-state index contributed by atoms with van der Waals surface area (Å²) in [6.45, 7) is 2.56. The van der Waals surface area contributed by atoms with Crippen LogP contribution in [-0.2, 0) is 13.1 Å². The number of aromatic nitrogens is 2. The van der Waals surface area contributed by atoms with E-state index in [-0.39, 0.29) is 6.54 Å². The van der Waals surface area contributed by atoms with Gasteiger partial charge in [0.15, 0.2) is 0 Å². The highest BCUT2D eigenvalue weighted by Crippen LogP contribution is 2.31. The summed E-state index contributed by atoms with van der Waals surface area (Å²) < 4.78 is 21.6. The Hall–Kier alpha value is -2.70. The van der Waals surface area contributed by atoms with E-state index >= 15 is 0 Å². The van der Waals surface area contributed by atoms with Crippen LogP contribution in [0.1, 0.15) is 5.56 Å². The van der Waals surface area contributed by atoms with Crippen LogP contribution in [0.4, 0.5) is 4.39 Å². The molecular formula is C22H24FN3O2. The molecular weight excluding hydrogens is 357 g/mol. The number of imidazole rings is 1. The van der Waals surface area contributed by atoms with Crippen molar-refractivity contribution in [3.63, 3.8) is 0 Å². The van der Waals surface area contributed by atoms with Gasteiger partial charge in [0.25, 0.3) is 0 Å². The lowest BCUT2D eigenvalue weighted by atomic mass is 10.0. The van der Waals surface area contributed by atoms with Gasteiger partial charge in [-0.1, -0.05) is 36.4 Å². The molecule has 0 spiro atoms. The van der Waals surface area contributed by atoms with E-state index in [4.69, 9.17) is 4.74 Å². The molecule has 2 heterocycles. The van der Waals surface area contributed by atoms with E-state index in [0.29, 0.717) is 19.7 Å². The van der Waals surface area contributed by atoms with Gasteiger partial charge >= 0.3 is 0 Å². The van der Waals surface area contributed by atoms with Crippen molar-refractivity contribution < 1.29 is 14.2 Å². The summed E-state index contributed by atoms with van der Waals surface area (Å²) in [6.07, 6.45) is 3.40. The van der Waals surface area contributed by atoms with Gasteiger partial charge in [-0.15, -0.1) is 0 Å². The number of ether oxygens (including phenoxy) is 1. The fraction of sp³-hybridized carbons (Fsp3) is 0.318. The highest BCUT2D eigenvalue weighted by Gasteiger charge is 2.30. The molecule has 1 fully saturated rings. The van der Waals surface area contributed by atoms with E-state index in [1.807, 2.05) is 52.1 Å². The lowest BCUT2D eigenvalue weighted by molar-refractivity contribution is 0.115. The fourth-order valence-corrected chi connectivity index (χ4v) is 3.56. The Bertz CT molecular complexity index is 890. The van der Waals surface area contributed by atoms with Gasteiger partial charge in [0.1, 0.15) is 18.5 Å².